The summed E-state index contributed by atoms with van der Waals surface area (Å²) in [4.78, 5) is 2.50. The van der Waals surface area contributed by atoms with Gasteiger partial charge < -0.3 is 10.9 Å². The number of nitrogens with zero attached hydrogens (tertiary/aromatic N) is 2. The second kappa shape index (κ2) is 6.41. The van der Waals surface area contributed by atoms with Gasteiger partial charge in [0, 0.05) is 6.04 Å². The van der Waals surface area contributed by atoms with Crippen LogP contribution in [0.4, 0.5) is 0 Å². The molecule has 1 saturated carbocycles. The molecule has 2 rings (SSSR count). The van der Waals surface area contributed by atoms with E-state index in [1.807, 2.05) is 0 Å². The number of oxime groups is 1. The van der Waals surface area contributed by atoms with Gasteiger partial charge in [-0.05, 0) is 51.0 Å². The number of hydrogen-bond acceptors (Lipinski definition) is 3. The van der Waals surface area contributed by atoms with E-state index in [4.69, 9.17) is 10.9 Å². The minimum Gasteiger partial charge on any atom is -0.409 e. The molecule has 4 nitrogen and oxygen atoms in total. The molecule has 3 N–H and O–H groups in total. The highest BCUT2D eigenvalue weighted by Crippen LogP contribution is 2.32. The second-order valence-corrected chi connectivity index (χ2v) is 5.86. The second-order valence-electron chi connectivity index (χ2n) is 5.86. The summed E-state index contributed by atoms with van der Waals surface area (Å²) in [6.45, 7) is 3.41. The van der Waals surface area contributed by atoms with Gasteiger partial charge in [-0.1, -0.05) is 24.9 Å². The normalized spacial score (nSPS) is 35.6. The maximum atomic E-state index is 8.92. The van der Waals surface area contributed by atoms with Crippen LogP contribution in [0.5, 0.6) is 0 Å². The minimum absolute atomic E-state index is 0.173. The Balaban J connectivity index is 1.97. The summed E-state index contributed by atoms with van der Waals surface area (Å²) in [7, 11) is 0. The van der Waals surface area contributed by atoms with Crippen molar-refractivity contribution in [1.82, 2.24) is 4.90 Å². The van der Waals surface area contributed by atoms with Crippen LogP contribution >= 0.6 is 0 Å². The van der Waals surface area contributed by atoms with E-state index >= 15 is 0 Å². The van der Waals surface area contributed by atoms with Gasteiger partial charge in [0.2, 0.25) is 0 Å². The molecule has 0 radical (unpaired) electrons. The molecule has 1 heterocycles. The molecular formula is C14H27N3O. The highest BCUT2D eigenvalue weighted by molar-refractivity contribution is 5.85. The lowest BCUT2D eigenvalue weighted by atomic mass is 9.82. The fourth-order valence-corrected chi connectivity index (χ4v) is 3.66. The van der Waals surface area contributed by atoms with Gasteiger partial charge >= 0.3 is 0 Å². The molecule has 0 aromatic rings. The molecule has 0 aromatic carbocycles. The third kappa shape index (κ3) is 2.97. The highest BCUT2D eigenvalue weighted by Gasteiger charge is 2.33. The number of hydrogen-bond donors (Lipinski definition) is 2. The first-order chi connectivity index (χ1) is 8.76. The molecule has 2 fully saturated rings. The van der Waals surface area contributed by atoms with Gasteiger partial charge in [0.25, 0.3) is 0 Å². The van der Waals surface area contributed by atoms with E-state index in [0.29, 0.717) is 11.9 Å². The summed E-state index contributed by atoms with van der Waals surface area (Å²) in [6, 6.07) is 0.824. The minimum atomic E-state index is 0.173. The van der Waals surface area contributed by atoms with Crippen molar-refractivity contribution in [3.63, 3.8) is 0 Å². The molecule has 0 amide bonds. The highest BCUT2D eigenvalue weighted by atomic mass is 16.4. The lowest BCUT2D eigenvalue weighted by Crippen LogP contribution is -2.53. The lowest BCUT2D eigenvalue weighted by molar-refractivity contribution is 0.0886. The van der Waals surface area contributed by atoms with E-state index < -0.39 is 0 Å². The Kier molecular flexibility index (Phi) is 4.87. The van der Waals surface area contributed by atoms with Crippen LogP contribution in [0.1, 0.15) is 58.3 Å². The molecule has 1 aliphatic carbocycles. The first-order valence-electron chi connectivity index (χ1n) is 7.49. The van der Waals surface area contributed by atoms with Crippen LogP contribution in [0.3, 0.4) is 0 Å². The summed E-state index contributed by atoms with van der Waals surface area (Å²) in [5.74, 6) is 1.33. The van der Waals surface area contributed by atoms with Crippen molar-refractivity contribution >= 4 is 5.84 Å². The smallest absolute Gasteiger partial charge is 0.156 e. The van der Waals surface area contributed by atoms with E-state index in [2.05, 4.69) is 17.0 Å². The zero-order valence-electron chi connectivity index (χ0n) is 11.5. The van der Waals surface area contributed by atoms with Crippen molar-refractivity contribution in [1.29, 1.82) is 0 Å². The molecule has 2 aliphatic rings. The van der Waals surface area contributed by atoms with Crippen LogP contribution in [0, 0.1) is 5.92 Å². The summed E-state index contributed by atoms with van der Waals surface area (Å²) in [5, 5.41) is 12.2. The average Bonchev–Trinajstić information content (AvgIpc) is 2.46. The predicted molar refractivity (Wildman–Crippen MR) is 73.8 cm³/mol. The molecule has 18 heavy (non-hydrogen) atoms. The lowest BCUT2D eigenvalue weighted by Gasteiger charge is -2.43. The SMILES string of the molecule is CCC1CCC(N2CCCCC2C(N)=NO)CC1. The van der Waals surface area contributed by atoms with Gasteiger partial charge in [-0.3, -0.25) is 4.90 Å². The quantitative estimate of drug-likeness (QED) is 0.352. The number of rotatable bonds is 3. The number of piperidine rings is 1. The predicted octanol–water partition coefficient (Wildman–Crippen LogP) is 2.56. The standard InChI is InChI=1S/C14H27N3O/c1-2-11-6-8-12(9-7-11)17-10-4-3-5-13(17)14(15)16-18/h11-13,18H,2-10H2,1H3,(H2,15,16). The van der Waals surface area contributed by atoms with Gasteiger partial charge in [0.15, 0.2) is 5.84 Å². The molecule has 1 aliphatic heterocycles. The largest absolute Gasteiger partial charge is 0.409 e. The Labute approximate surface area is 110 Å². The van der Waals surface area contributed by atoms with Crippen molar-refractivity contribution < 1.29 is 5.21 Å². The van der Waals surface area contributed by atoms with Gasteiger partial charge in [-0.25, -0.2) is 0 Å². The van der Waals surface area contributed by atoms with E-state index in [9.17, 15) is 0 Å². The van der Waals surface area contributed by atoms with E-state index in [-0.39, 0.29) is 6.04 Å². The average molecular weight is 253 g/mol. The van der Waals surface area contributed by atoms with Crippen LogP contribution in [-0.4, -0.2) is 34.6 Å². The van der Waals surface area contributed by atoms with Crippen LogP contribution in [-0.2, 0) is 0 Å². The van der Waals surface area contributed by atoms with E-state index in [1.165, 1.54) is 44.9 Å². The monoisotopic (exact) mass is 253 g/mol. The first kappa shape index (κ1) is 13.7. The van der Waals surface area contributed by atoms with Crippen LogP contribution < -0.4 is 5.73 Å². The van der Waals surface area contributed by atoms with Gasteiger partial charge in [0.05, 0.1) is 6.04 Å². The Hall–Kier alpha value is -0.770. The van der Waals surface area contributed by atoms with Gasteiger partial charge in [-0.15, -0.1) is 0 Å². The zero-order valence-corrected chi connectivity index (χ0v) is 11.5. The summed E-state index contributed by atoms with van der Waals surface area (Å²) in [5.41, 5.74) is 5.86. The third-order valence-corrected chi connectivity index (χ3v) is 4.86. The fraction of sp³-hybridized carbons (Fsp3) is 0.929. The molecule has 1 saturated heterocycles. The zero-order chi connectivity index (χ0) is 13.0. The fourth-order valence-electron chi connectivity index (χ4n) is 3.66. The molecule has 4 heteroatoms. The van der Waals surface area contributed by atoms with E-state index in [0.717, 1.165) is 18.9 Å². The van der Waals surface area contributed by atoms with Gasteiger partial charge in [-0.2, -0.15) is 0 Å². The molecule has 0 spiro atoms. The molecule has 1 unspecified atom stereocenters. The van der Waals surface area contributed by atoms with Crippen molar-refractivity contribution in [2.75, 3.05) is 6.54 Å². The summed E-state index contributed by atoms with van der Waals surface area (Å²) in [6.07, 6.45) is 10.1. The number of nitrogens with two attached hydrogens (primary N) is 1. The topological polar surface area (TPSA) is 61.8 Å². The molecule has 0 aromatic heterocycles. The van der Waals surface area contributed by atoms with Crippen LogP contribution in [0.15, 0.2) is 5.16 Å². The van der Waals surface area contributed by atoms with Crippen molar-refractivity contribution in [2.45, 2.75) is 70.4 Å². The first-order valence-corrected chi connectivity index (χ1v) is 7.49. The maximum Gasteiger partial charge on any atom is 0.156 e. The van der Waals surface area contributed by atoms with Crippen molar-refractivity contribution in [3.05, 3.63) is 0 Å². The van der Waals surface area contributed by atoms with Crippen LogP contribution in [0.2, 0.25) is 0 Å². The van der Waals surface area contributed by atoms with E-state index in [1.54, 1.807) is 0 Å². The van der Waals surface area contributed by atoms with Crippen LogP contribution in [0.25, 0.3) is 0 Å². The molecule has 1 atom stereocenters. The van der Waals surface area contributed by atoms with Gasteiger partial charge in [0.1, 0.15) is 0 Å². The molecule has 104 valence electrons. The maximum absolute atomic E-state index is 8.92. The van der Waals surface area contributed by atoms with Crippen molar-refractivity contribution in [2.24, 2.45) is 16.8 Å². The molecule has 0 bridgehead atoms. The molecular weight excluding hydrogens is 226 g/mol. The Morgan fingerprint density at radius 1 is 1.22 bits per heavy atom. The Morgan fingerprint density at radius 2 is 1.94 bits per heavy atom. The number of likely N-dealkylation sites (tertiary alicyclic amines) is 1. The summed E-state index contributed by atoms with van der Waals surface area (Å²) >= 11 is 0. The van der Waals surface area contributed by atoms with Crippen molar-refractivity contribution in [3.8, 4) is 0 Å². The Morgan fingerprint density at radius 3 is 2.56 bits per heavy atom. The summed E-state index contributed by atoms with van der Waals surface area (Å²) < 4.78 is 0. The Bertz CT molecular complexity index is 285. The third-order valence-electron chi connectivity index (χ3n) is 4.86. The number of amidine groups is 1.